The van der Waals surface area contributed by atoms with Crippen molar-refractivity contribution in [3.8, 4) is 22.3 Å². The molecule has 1 aromatic heterocycles. The van der Waals surface area contributed by atoms with E-state index in [1.54, 1.807) is 0 Å². The van der Waals surface area contributed by atoms with Crippen LogP contribution in [0.1, 0.15) is 25.0 Å². The predicted molar refractivity (Wildman–Crippen MR) is 224 cm³/mol. The van der Waals surface area contributed by atoms with Crippen molar-refractivity contribution in [2.45, 2.75) is 19.3 Å². The summed E-state index contributed by atoms with van der Waals surface area (Å²) in [7, 11) is 0. The molecule has 1 aliphatic carbocycles. The van der Waals surface area contributed by atoms with Gasteiger partial charge in [-0.15, -0.1) is 0 Å². The van der Waals surface area contributed by atoms with E-state index < -0.39 is 0 Å². The minimum Gasteiger partial charge on any atom is -0.456 e. The predicted octanol–water partition coefficient (Wildman–Crippen LogP) is 14.5. The van der Waals surface area contributed by atoms with Crippen molar-refractivity contribution in [3.63, 3.8) is 0 Å². The van der Waals surface area contributed by atoms with Crippen molar-refractivity contribution in [2.75, 3.05) is 4.90 Å². The zero-order chi connectivity index (χ0) is 35.3. The zero-order valence-electron chi connectivity index (χ0n) is 29.6. The van der Waals surface area contributed by atoms with E-state index in [0.717, 1.165) is 39.0 Å². The van der Waals surface area contributed by atoms with E-state index in [0.29, 0.717) is 0 Å². The highest BCUT2D eigenvalue weighted by Crippen LogP contribution is 2.54. The van der Waals surface area contributed by atoms with Crippen LogP contribution in [-0.2, 0) is 5.41 Å². The first-order valence-corrected chi connectivity index (χ1v) is 18.4. The molecule has 0 atom stereocenters. The monoisotopic (exact) mass is 677 g/mol. The molecule has 0 aliphatic heterocycles. The summed E-state index contributed by atoms with van der Waals surface area (Å²) in [6.07, 6.45) is 0. The second kappa shape index (κ2) is 11.2. The van der Waals surface area contributed by atoms with Gasteiger partial charge in [0.1, 0.15) is 11.2 Å². The number of para-hydroxylation sites is 1. The number of rotatable bonds is 4. The second-order valence-corrected chi connectivity index (χ2v) is 14.9. The van der Waals surface area contributed by atoms with Crippen LogP contribution in [0.15, 0.2) is 180 Å². The summed E-state index contributed by atoms with van der Waals surface area (Å²) in [4.78, 5) is 2.49. The van der Waals surface area contributed by atoms with Crippen molar-refractivity contribution < 1.29 is 4.42 Å². The smallest absolute Gasteiger partial charge is 0.137 e. The van der Waals surface area contributed by atoms with E-state index in [2.05, 4.69) is 189 Å². The molecule has 11 rings (SSSR count). The summed E-state index contributed by atoms with van der Waals surface area (Å²) in [6.45, 7) is 4.73. The Morgan fingerprint density at radius 3 is 1.87 bits per heavy atom. The van der Waals surface area contributed by atoms with Crippen LogP contribution < -0.4 is 4.90 Å². The molecule has 53 heavy (non-hydrogen) atoms. The molecule has 0 spiro atoms. The maximum atomic E-state index is 6.52. The number of hydrogen-bond acceptors (Lipinski definition) is 2. The molecule has 2 heteroatoms. The van der Waals surface area contributed by atoms with Gasteiger partial charge < -0.3 is 9.32 Å². The fourth-order valence-electron chi connectivity index (χ4n) is 9.09. The Morgan fingerprint density at radius 2 is 1.04 bits per heavy atom. The molecule has 10 aromatic rings. The lowest BCUT2D eigenvalue weighted by Crippen LogP contribution is -2.16. The molecule has 2 nitrogen and oxygen atoms in total. The minimum absolute atomic E-state index is 0.129. The van der Waals surface area contributed by atoms with Crippen LogP contribution in [0.5, 0.6) is 0 Å². The Labute approximate surface area is 308 Å². The van der Waals surface area contributed by atoms with Crippen LogP contribution in [0.3, 0.4) is 0 Å². The van der Waals surface area contributed by atoms with Gasteiger partial charge in [0.2, 0.25) is 0 Å². The summed E-state index contributed by atoms with van der Waals surface area (Å²) in [5.41, 5.74) is 12.7. The van der Waals surface area contributed by atoms with Crippen LogP contribution in [-0.4, -0.2) is 0 Å². The first kappa shape index (κ1) is 30.0. The molecule has 0 N–H and O–H groups in total. The Hall–Kier alpha value is -6.64. The van der Waals surface area contributed by atoms with Crippen molar-refractivity contribution in [2.24, 2.45) is 0 Å². The zero-order valence-corrected chi connectivity index (χ0v) is 29.6. The van der Waals surface area contributed by atoms with E-state index in [4.69, 9.17) is 4.42 Å². The number of nitrogens with zero attached hydrogens (tertiary/aromatic N) is 1. The quantitative estimate of drug-likeness (QED) is 0.184. The van der Waals surface area contributed by atoms with Crippen molar-refractivity contribution >= 4 is 71.3 Å². The SMILES string of the molecule is CC1(C)c2ccc(N(c3ccc4ccccc4c3-c3cccc4ccccc34)c3cccc4oc5ccccc5c34)cc2-c2cc3ccccc3cc21. The third kappa shape index (κ3) is 4.39. The number of furan rings is 1. The Balaban J connectivity index is 1.26. The molecule has 1 heterocycles. The number of anilines is 3. The van der Waals surface area contributed by atoms with Gasteiger partial charge in [0.15, 0.2) is 0 Å². The van der Waals surface area contributed by atoms with E-state index >= 15 is 0 Å². The summed E-state index contributed by atoms with van der Waals surface area (Å²) < 4.78 is 6.52. The van der Waals surface area contributed by atoms with Gasteiger partial charge in [-0.3, -0.25) is 0 Å². The van der Waals surface area contributed by atoms with E-state index in [1.165, 1.54) is 65.7 Å². The fourth-order valence-corrected chi connectivity index (χ4v) is 9.09. The first-order valence-electron chi connectivity index (χ1n) is 18.4. The lowest BCUT2D eigenvalue weighted by Gasteiger charge is -2.30. The molecule has 9 aromatic carbocycles. The molecule has 0 fully saturated rings. The minimum atomic E-state index is -0.129. The van der Waals surface area contributed by atoms with Gasteiger partial charge in [-0.1, -0.05) is 141 Å². The molecule has 0 bridgehead atoms. The summed E-state index contributed by atoms with van der Waals surface area (Å²) in [5.74, 6) is 0. The van der Waals surface area contributed by atoms with Crippen LogP contribution in [0.25, 0.3) is 76.5 Å². The van der Waals surface area contributed by atoms with Gasteiger partial charge in [-0.2, -0.15) is 0 Å². The molecule has 0 saturated heterocycles. The van der Waals surface area contributed by atoms with Gasteiger partial charge in [-0.05, 0) is 109 Å². The lowest BCUT2D eigenvalue weighted by molar-refractivity contribution is 0.661. The van der Waals surface area contributed by atoms with Crippen LogP contribution in [0, 0.1) is 0 Å². The maximum Gasteiger partial charge on any atom is 0.137 e. The van der Waals surface area contributed by atoms with Crippen LogP contribution in [0.2, 0.25) is 0 Å². The van der Waals surface area contributed by atoms with Crippen molar-refractivity contribution in [1.82, 2.24) is 0 Å². The summed E-state index contributed by atoms with van der Waals surface area (Å²) in [6, 6.07) is 64.4. The fraction of sp³-hybridized carbons (Fsp3) is 0.0588. The average Bonchev–Trinajstić information content (AvgIpc) is 3.69. The molecular formula is C51H35NO. The average molecular weight is 678 g/mol. The first-order chi connectivity index (χ1) is 26.0. The molecular weight excluding hydrogens is 643 g/mol. The Morgan fingerprint density at radius 1 is 0.415 bits per heavy atom. The second-order valence-electron chi connectivity index (χ2n) is 14.9. The van der Waals surface area contributed by atoms with Crippen molar-refractivity contribution in [1.29, 1.82) is 0 Å². The third-order valence-corrected chi connectivity index (χ3v) is 11.6. The Kier molecular flexibility index (Phi) is 6.33. The molecule has 1 aliphatic rings. The highest BCUT2D eigenvalue weighted by atomic mass is 16.3. The topological polar surface area (TPSA) is 16.4 Å². The van der Waals surface area contributed by atoms with Gasteiger partial charge in [0.25, 0.3) is 0 Å². The van der Waals surface area contributed by atoms with E-state index in [-0.39, 0.29) is 5.41 Å². The van der Waals surface area contributed by atoms with Gasteiger partial charge >= 0.3 is 0 Å². The van der Waals surface area contributed by atoms with Gasteiger partial charge in [0.05, 0.1) is 16.8 Å². The maximum absolute atomic E-state index is 6.52. The van der Waals surface area contributed by atoms with Gasteiger partial charge in [-0.25, -0.2) is 0 Å². The number of hydrogen-bond donors (Lipinski definition) is 0. The molecule has 0 unspecified atom stereocenters. The highest BCUT2D eigenvalue weighted by molar-refractivity contribution is 6.16. The van der Waals surface area contributed by atoms with Crippen LogP contribution in [0.4, 0.5) is 17.1 Å². The number of fused-ring (bicyclic) bond motifs is 9. The normalized spacial score (nSPS) is 13.2. The highest BCUT2D eigenvalue weighted by Gasteiger charge is 2.36. The molecule has 250 valence electrons. The summed E-state index contributed by atoms with van der Waals surface area (Å²) in [5, 5.41) is 9.64. The number of benzene rings is 9. The molecule has 0 amide bonds. The molecule has 0 saturated carbocycles. The van der Waals surface area contributed by atoms with E-state index in [9.17, 15) is 0 Å². The summed E-state index contributed by atoms with van der Waals surface area (Å²) >= 11 is 0. The third-order valence-electron chi connectivity index (χ3n) is 11.6. The molecule has 0 radical (unpaired) electrons. The van der Waals surface area contributed by atoms with E-state index in [1.807, 2.05) is 6.07 Å². The lowest BCUT2D eigenvalue weighted by atomic mass is 9.82. The largest absolute Gasteiger partial charge is 0.456 e. The van der Waals surface area contributed by atoms with Crippen molar-refractivity contribution in [3.05, 3.63) is 187 Å². The van der Waals surface area contributed by atoms with Crippen LogP contribution >= 0.6 is 0 Å². The standard InChI is InChI=1S/C51H35NO/c1-51(2)43-27-26-36(31-42(43)41-29-34-15-3-4-16-35(34)30-44(41)51)52(45-22-12-24-48-50(45)40-20-9-10-23-47(40)53-48)46-28-25-33-14-6-8-19-38(33)49(46)39-21-11-17-32-13-5-7-18-37(32)39/h3-31H,1-2H3. The Bertz CT molecular complexity index is 3100. The van der Waals surface area contributed by atoms with Gasteiger partial charge in [0, 0.05) is 22.1 Å².